The Kier molecular flexibility index (Phi) is 25.9. The van der Waals surface area contributed by atoms with Crippen LogP contribution in [0.4, 0.5) is 0 Å². The maximum Gasteiger partial charge on any atom is 2.00 e. The second kappa shape index (κ2) is 31.7. The largest absolute Gasteiger partial charge is 2.00 e. The van der Waals surface area contributed by atoms with Crippen LogP contribution in [0.5, 0.6) is 0 Å². The first-order valence-corrected chi connectivity index (χ1v) is 27.9. The molecule has 12 rings (SSSR count). The molecule has 0 nitrogen and oxygen atoms in total. The van der Waals surface area contributed by atoms with Crippen molar-refractivity contribution in [2.75, 3.05) is 0 Å². The Labute approximate surface area is 529 Å². The summed E-state index contributed by atoms with van der Waals surface area (Å²) in [6.45, 7) is 18.2. The number of rotatable bonds is 12. The fraction of sp³-hybridized carbons (Fsp3) is 0.211. The monoisotopic (exact) mass is 1240 g/mol. The second-order valence-corrected chi connectivity index (χ2v) is 22.5. The Bertz CT molecular complexity index is 3210. The van der Waals surface area contributed by atoms with E-state index in [0.717, 1.165) is 25.7 Å². The van der Waals surface area contributed by atoms with Crippen LogP contribution in [0.1, 0.15) is 77.6 Å². The molecule has 0 aromatic heterocycles. The standard InChI is InChI=1S/4C19H19.2ClH.2Zr/c4*1-14(2)11-15-12-17-9-6-10-18(19(17)13-15)16-7-4-3-5-8-16;;;;/h4*3-10,12-14H,11H2,1-2H3;2*1H;;/q4*-1;;;2*+2/p-2. The Hall–Kier alpha value is -5.45. The van der Waals surface area contributed by atoms with Gasteiger partial charge in [0.1, 0.15) is 0 Å². The zero-order valence-electron chi connectivity index (χ0n) is 48.0. The summed E-state index contributed by atoms with van der Waals surface area (Å²) in [5.74, 6) is 2.82. The van der Waals surface area contributed by atoms with Crippen molar-refractivity contribution < 1.29 is 77.2 Å². The summed E-state index contributed by atoms with van der Waals surface area (Å²) < 4.78 is 0. The Morgan fingerprint density at radius 3 is 0.613 bits per heavy atom. The predicted molar refractivity (Wildman–Crippen MR) is 334 cm³/mol. The summed E-state index contributed by atoms with van der Waals surface area (Å²) in [5.41, 5.74) is 16.4. The van der Waals surface area contributed by atoms with Gasteiger partial charge in [0.25, 0.3) is 0 Å². The SMILES string of the molecule is CC(C)Cc1cc2c(-c3ccccc3)cccc2[cH-]1.CC(C)Cc1cc2c(-c3ccccc3)cccc2[cH-]1.CC(C)Cc1cc2c(-c3ccccc3)cccc2[cH-]1.CC(C)Cc1cc2c(-c3ccccc3)cccc2[cH-]1.[Cl-].[Cl-].[Zr+2].[Zr+2]. The van der Waals surface area contributed by atoms with Crippen LogP contribution >= 0.6 is 0 Å². The number of hydrogen-bond acceptors (Lipinski definition) is 0. The van der Waals surface area contributed by atoms with Gasteiger partial charge in [-0.15, -0.1) is 138 Å². The van der Waals surface area contributed by atoms with Crippen LogP contribution in [0.15, 0.2) is 243 Å². The molecule has 80 heavy (non-hydrogen) atoms. The van der Waals surface area contributed by atoms with Crippen LogP contribution in [0.3, 0.4) is 0 Å². The van der Waals surface area contributed by atoms with Gasteiger partial charge in [-0.25, -0.2) is 0 Å². The van der Waals surface area contributed by atoms with Crippen LogP contribution in [0.25, 0.3) is 87.6 Å². The molecule has 0 atom stereocenters. The van der Waals surface area contributed by atoms with E-state index >= 15 is 0 Å². The minimum Gasteiger partial charge on any atom is -1.00 e. The molecule has 12 aromatic rings. The van der Waals surface area contributed by atoms with Gasteiger partial charge in [-0.1, -0.05) is 223 Å². The van der Waals surface area contributed by atoms with Gasteiger partial charge in [0, 0.05) is 0 Å². The van der Waals surface area contributed by atoms with E-state index in [1.54, 1.807) is 0 Å². The third-order valence-corrected chi connectivity index (χ3v) is 14.2. The van der Waals surface area contributed by atoms with Gasteiger partial charge in [0.2, 0.25) is 0 Å². The molecule has 0 aliphatic rings. The average molecular weight is 1240 g/mol. The second-order valence-electron chi connectivity index (χ2n) is 22.5. The van der Waals surface area contributed by atoms with E-state index in [-0.39, 0.29) is 77.2 Å². The first kappa shape index (κ1) is 65.4. The van der Waals surface area contributed by atoms with Gasteiger partial charge in [-0.2, -0.15) is 24.3 Å². The molecule has 0 unspecified atom stereocenters. The van der Waals surface area contributed by atoms with Gasteiger partial charge in [0.05, 0.1) is 0 Å². The quantitative estimate of drug-likeness (QED) is 0.107. The van der Waals surface area contributed by atoms with Gasteiger partial charge in [-0.05, 0) is 71.6 Å². The summed E-state index contributed by atoms with van der Waals surface area (Å²) in [6, 6.07) is 87.7. The van der Waals surface area contributed by atoms with E-state index < -0.39 is 0 Å². The summed E-state index contributed by atoms with van der Waals surface area (Å²) in [5, 5.41) is 10.9. The van der Waals surface area contributed by atoms with Crippen molar-refractivity contribution in [3.05, 3.63) is 265 Å². The number of halogens is 2. The zero-order valence-corrected chi connectivity index (χ0v) is 54.4. The molecular weight excluding hydrogens is 1170 g/mol. The third-order valence-electron chi connectivity index (χ3n) is 14.2. The van der Waals surface area contributed by atoms with E-state index in [1.165, 1.54) is 110 Å². The van der Waals surface area contributed by atoms with Crippen molar-refractivity contribution in [2.45, 2.75) is 81.1 Å². The molecule has 0 saturated carbocycles. The van der Waals surface area contributed by atoms with Crippen LogP contribution in [-0.4, -0.2) is 0 Å². The summed E-state index contributed by atoms with van der Waals surface area (Å²) >= 11 is 0. The van der Waals surface area contributed by atoms with Crippen molar-refractivity contribution >= 4 is 43.1 Å². The van der Waals surface area contributed by atoms with Crippen LogP contribution < -0.4 is 24.8 Å². The number of fused-ring (bicyclic) bond motifs is 4. The molecule has 4 heteroatoms. The van der Waals surface area contributed by atoms with Gasteiger partial charge in [-0.3, -0.25) is 0 Å². The number of hydrogen-bond donors (Lipinski definition) is 0. The molecule has 0 heterocycles. The van der Waals surface area contributed by atoms with Crippen molar-refractivity contribution in [1.29, 1.82) is 0 Å². The summed E-state index contributed by atoms with van der Waals surface area (Å²) in [7, 11) is 0. The van der Waals surface area contributed by atoms with Crippen molar-refractivity contribution in [3.8, 4) is 44.5 Å². The summed E-state index contributed by atoms with van der Waals surface area (Å²) in [4.78, 5) is 0. The summed E-state index contributed by atoms with van der Waals surface area (Å²) in [6.07, 6.45) is 4.62. The molecular formula is C76H76Cl2Zr2-2. The van der Waals surface area contributed by atoms with Crippen molar-refractivity contribution in [1.82, 2.24) is 0 Å². The Morgan fingerprint density at radius 1 is 0.250 bits per heavy atom. The normalized spacial score (nSPS) is 10.8. The van der Waals surface area contributed by atoms with Gasteiger partial charge < -0.3 is 24.8 Å². The van der Waals surface area contributed by atoms with E-state index in [4.69, 9.17) is 0 Å². The molecule has 0 radical (unpaired) electrons. The van der Waals surface area contributed by atoms with E-state index in [1.807, 2.05) is 0 Å². The fourth-order valence-corrected chi connectivity index (χ4v) is 11.0. The Morgan fingerprint density at radius 2 is 0.438 bits per heavy atom. The van der Waals surface area contributed by atoms with Crippen LogP contribution in [0.2, 0.25) is 0 Å². The van der Waals surface area contributed by atoms with E-state index in [9.17, 15) is 0 Å². The molecule has 0 N–H and O–H groups in total. The molecule has 0 bridgehead atoms. The molecule has 12 aromatic carbocycles. The first-order chi connectivity index (χ1) is 36.9. The van der Waals surface area contributed by atoms with Crippen LogP contribution in [-0.2, 0) is 78.1 Å². The van der Waals surface area contributed by atoms with Gasteiger partial charge in [0.15, 0.2) is 0 Å². The molecule has 0 spiro atoms. The Balaban J connectivity index is 0.000000193. The average Bonchev–Trinajstić information content (AvgIpc) is 4.23. The van der Waals surface area contributed by atoms with Gasteiger partial charge >= 0.3 is 52.4 Å². The molecule has 0 aliphatic carbocycles. The first-order valence-electron chi connectivity index (χ1n) is 27.9. The third kappa shape index (κ3) is 17.3. The predicted octanol–water partition coefficient (Wildman–Crippen LogP) is 15.7. The fourth-order valence-electron chi connectivity index (χ4n) is 11.0. The maximum atomic E-state index is 2.36. The number of benzene rings is 8. The van der Waals surface area contributed by atoms with Crippen molar-refractivity contribution in [2.24, 2.45) is 23.7 Å². The molecule has 0 aliphatic heterocycles. The van der Waals surface area contributed by atoms with Crippen molar-refractivity contribution in [3.63, 3.8) is 0 Å². The zero-order chi connectivity index (χ0) is 53.0. The smallest absolute Gasteiger partial charge is 1.00 e. The molecule has 0 saturated heterocycles. The van der Waals surface area contributed by atoms with Crippen LogP contribution in [0, 0.1) is 23.7 Å². The minimum absolute atomic E-state index is 0. The van der Waals surface area contributed by atoms with E-state index in [2.05, 4.69) is 298 Å². The maximum absolute atomic E-state index is 2.36. The molecule has 404 valence electrons. The topological polar surface area (TPSA) is 0 Å². The molecule has 0 fully saturated rings. The minimum atomic E-state index is 0. The molecule has 0 amide bonds. The van der Waals surface area contributed by atoms with E-state index in [0.29, 0.717) is 23.7 Å².